The number of pyridine rings is 1. The van der Waals surface area contributed by atoms with Crippen molar-refractivity contribution in [3.05, 3.63) is 66.5 Å². The van der Waals surface area contributed by atoms with Gasteiger partial charge in [0.2, 0.25) is 0 Å². The zero-order valence-corrected chi connectivity index (χ0v) is 14.2. The Morgan fingerprint density at radius 1 is 1.04 bits per heavy atom. The van der Waals surface area contributed by atoms with Gasteiger partial charge in [-0.2, -0.15) is 8.78 Å². The minimum Gasteiger partial charge on any atom is -0.452 e. The summed E-state index contributed by atoms with van der Waals surface area (Å²) in [5, 5.41) is 3.23. The monoisotopic (exact) mass is 382 g/mol. The van der Waals surface area contributed by atoms with E-state index in [1.807, 2.05) is 0 Å². The number of halogens is 2. The third kappa shape index (κ3) is 3.16. The van der Waals surface area contributed by atoms with Gasteiger partial charge in [-0.15, -0.1) is 0 Å². The van der Waals surface area contributed by atoms with Crippen LogP contribution >= 0.6 is 0 Å². The molecule has 8 heteroatoms. The van der Waals surface area contributed by atoms with Gasteiger partial charge in [0.1, 0.15) is 5.58 Å². The molecule has 0 spiro atoms. The van der Waals surface area contributed by atoms with Gasteiger partial charge in [-0.05, 0) is 30.3 Å². The standard InChI is InChI=1S/C20H12F2N2O4/c21-20(22)28-15-6-5-13(16-12-3-1-2-4-14(12)27-18(15)16)17(25)19(26)24-11-7-9-23-10-8-11/h1-10,20H,(H,23,24,26). The summed E-state index contributed by atoms with van der Waals surface area (Å²) < 4.78 is 35.6. The average Bonchev–Trinajstić information content (AvgIpc) is 3.08. The molecule has 0 atom stereocenters. The second kappa shape index (κ2) is 7.07. The number of benzene rings is 2. The van der Waals surface area contributed by atoms with E-state index in [1.54, 1.807) is 24.3 Å². The number of fused-ring (bicyclic) bond motifs is 3. The Morgan fingerprint density at radius 2 is 1.79 bits per heavy atom. The van der Waals surface area contributed by atoms with Gasteiger partial charge in [-0.25, -0.2) is 0 Å². The van der Waals surface area contributed by atoms with Gasteiger partial charge in [0.15, 0.2) is 11.3 Å². The first kappa shape index (κ1) is 17.6. The Kier molecular flexibility index (Phi) is 4.44. The summed E-state index contributed by atoms with van der Waals surface area (Å²) in [6.45, 7) is -3.06. The lowest BCUT2D eigenvalue weighted by Crippen LogP contribution is -2.23. The minimum atomic E-state index is -3.06. The number of anilines is 1. The molecule has 0 aliphatic carbocycles. The summed E-state index contributed by atoms with van der Waals surface area (Å²) in [7, 11) is 0. The zero-order chi connectivity index (χ0) is 19.7. The van der Waals surface area contributed by atoms with E-state index in [2.05, 4.69) is 15.0 Å². The van der Waals surface area contributed by atoms with Crippen molar-refractivity contribution in [2.75, 3.05) is 5.32 Å². The first-order chi connectivity index (χ1) is 13.5. The number of alkyl halides is 2. The van der Waals surface area contributed by atoms with E-state index in [4.69, 9.17) is 4.42 Å². The van der Waals surface area contributed by atoms with Crippen LogP contribution in [0, 0.1) is 0 Å². The van der Waals surface area contributed by atoms with Crippen molar-refractivity contribution >= 4 is 39.3 Å². The maximum atomic E-state index is 12.8. The molecule has 2 aromatic carbocycles. The Morgan fingerprint density at radius 3 is 2.54 bits per heavy atom. The van der Waals surface area contributed by atoms with Crippen LogP contribution < -0.4 is 10.1 Å². The van der Waals surface area contributed by atoms with Gasteiger partial charge in [-0.1, -0.05) is 18.2 Å². The predicted octanol–water partition coefficient (Wildman–Crippen LogP) is 4.40. The predicted molar refractivity (Wildman–Crippen MR) is 97.5 cm³/mol. The van der Waals surface area contributed by atoms with Crippen LogP contribution in [0.3, 0.4) is 0 Å². The Labute approximate surface area is 156 Å². The summed E-state index contributed by atoms with van der Waals surface area (Å²) in [6.07, 6.45) is 2.94. The van der Waals surface area contributed by atoms with Crippen LogP contribution in [0.15, 0.2) is 65.3 Å². The van der Waals surface area contributed by atoms with Crippen molar-refractivity contribution in [3.63, 3.8) is 0 Å². The molecule has 28 heavy (non-hydrogen) atoms. The molecule has 1 amide bonds. The van der Waals surface area contributed by atoms with Gasteiger partial charge in [0, 0.05) is 34.4 Å². The number of furan rings is 1. The SMILES string of the molecule is O=C(Nc1ccncc1)C(=O)c1ccc(OC(F)F)c2oc3ccccc3c12. The van der Waals surface area contributed by atoms with Crippen LogP contribution in [-0.4, -0.2) is 23.3 Å². The second-order valence-electron chi connectivity index (χ2n) is 5.81. The van der Waals surface area contributed by atoms with Gasteiger partial charge in [-0.3, -0.25) is 14.6 Å². The summed E-state index contributed by atoms with van der Waals surface area (Å²) in [4.78, 5) is 29.0. The number of amides is 1. The fourth-order valence-electron chi connectivity index (χ4n) is 2.93. The van der Waals surface area contributed by atoms with Crippen LogP contribution in [-0.2, 0) is 4.79 Å². The number of para-hydroxylation sites is 1. The van der Waals surface area contributed by atoms with Crippen molar-refractivity contribution in [3.8, 4) is 5.75 Å². The van der Waals surface area contributed by atoms with E-state index in [-0.39, 0.29) is 22.3 Å². The van der Waals surface area contributed by atoms with E-state index in [0.717, 1.165) is 0 Å². The minimum absolute atomic E-state index is 0.0214. The number of nitrogens with one attached hydrogen (secondary N) is 1. The van der Waals surface area contributed by atoms with E-state index >= 15 is 0 Å². The highest BCUT2D eigenvalue weighted by molar-refractivity contribution is 6.49. The molecule has 0 unspecified atom stereocenters. The summed E-state index contributed by atoms with van der Waals surface area (Å²) in [5.74, 6) is -1.93. The van der Waals surface area contributed by atoms with Gasteiger partial charge in [0.05, 0.1) is 0 Å². The van der Waals surface area contributed by atoms with E-state index in [9.17, 15) is 18.4 Å². The highest BCUT2D eigenvalue weighted by Crippen LogP contribution is 2.38. The third-order valence-corrected chi connectivity index (χ3v) is 4.10. The highest BCUT2D eigenvalue weighted by Gasteiger charge is 2.25. The number of carbonyl (C=O) groups is 2. The van der Waals surface area contributed by atoms with Crippen molar-refractivity contribution < 1.29 is 27.5 Å². The number of nitrogens with zero attached hydrogens (tertiary/aromatic N) is 1. The Bertz CT molecular complexity index is 1190. The number of aromatic nitrogens is 1. The summed E-state index contributed by atoms with van der Waals surface area (Å²) in [6, 6.07) is 12.2. The maximum Gasteiger partial charge on any atom is 0.387 e. The summed E-state index contributed by atoms with van der Waals surface area (Å²) in [5.41, 5.74) is 0.780. The smallest absolute Gasteiger partial charge is 0.387 e. The molecule has 4 aromatic rings. The molecule has 1 N–H and O–H groups in total. The normalized spacial score (nSPS) is 11.1. The molecular formula is C20H12F2N2O4. The molecule has 140 valence electrons. The van der Waals surface area contributed by atoms with Crippen molar-refractivity contribution in [1.29, 1.82) is 0 Å². The van der Waals surface area contributed by atoms with Crippen LogP contribution in [0.25, 0.3) is 21.9 Å². The lowest BCUT2D eigenvalue weighted by molar-refractivity contribution is -0.112. The Hall–Kier alpha value is -3.81. The molecule has 6 nitrogen and oxygen atoms in total. The topological polar surface area (TPSA) is 81.4 Å². The van der Waals surface area contributed by atoms with Crippen LogP contribution in [0.2, 0.25) is 0 Å². The van der Waals surface area contributed by atoms with Crippen molar-refractivity contribution in [2.45, 2.75) is 6.61 Å². The van der Waals surface area contributed by atoms with Gasteiger partial charge >= 0.3 is 6.61 Å². The van der Waals surface area contributed by atoms with E-state index in [1.165, 1.54) is 36.7 Å². The molecule has 0 aliphatic rings. The molecule has 2 heterocycles. The average molecular weight is 382 g/mol. The first-order valence-corrected chi connectivity index (χ1v) is 8.19. The molecule has 4 rings (SSSR count). The molecule has 0 saturated carbocycles. The van der Waals surface area contributed by atoms with Crippen molar-refractivity contribution in [1.82, 2.24) is 4.98 Å². The van der Waals surface area contributed by atoms with Crippen LogP contribution in [0.4, 0.5) is 14.5 Å². The Balaban J connectivity index is 1.82. The number of hydrogen-bond donors (Lipinski definition) is 1. The lowest BCUT2D eigenvalue weighted by Gasteiger charge is -2.08. The molecule has 2 aromatic heterocycles. The fraction of sp³-hybridized carbons (Fsp3) is 0.0500. The second-order valence-corrected chi connectivity index (χ2v) is 5.81. The van der Waals surface area contributed by atoms with Gasteiger partial charge < -0.3 is 14.5 Å². The third-order valence-electron chi connectivity index (χ3n) is 4.10. The van der Waals surface area contributed by atoms with E-state index in [0.29, 0.717) is 16.7 Å². The highest BCUT2D eigenvalue weighted by atomic mass is 19.3. The fourth-order valence-corrected chi connectivity index (χ4v) is 2.93. The maximum absolute atomic E-state index is 12.8. The van der Waals surface area contributed by atoms with Crippen molar-refractivity contribution in [2.24, 2.45) is 0 Å². The number of ketones is 1. The lowest BCUT2D eigenvalue weighted by atomic mass is 10.0. The molecule has 0 bridgehead atoms. The molecule has 0 fully saturated rings. The van der Waals surface area contributed by atoms with Crippen LogP contribution in [0.1, 0.15) is 10.4 Å². The number of rotatable bonds is 5. The quantitative estimate of drug-likeness (QED) is 0.409. The van der Waals surface area contributed by atoms with Crippen LogP contribution in [0.5, 0.6) is 5.75 Å². The first-order valence-electron chi connectivity index (χ1n) is 8.19. The number of ether oxygens (including phenoxy) is 1. The van der Waals surface area contributed by atoms with E-state index < -0.39 is 18.3 Å². The largest absolute Gasteiger partial charge is 0.452 e. The molecular weight excluding hydrogens is 370 g/mol. The molecule has 0 saturated heterocycles. The zero-order valence-electron chi connectivity index (χ0n) is 14.2. The molecule has 0 aliphatic heterocycles. The summed E-state index contributed by atoms with van der Waals surface area (Å²) >= 11 is 0. The number of hydrogen-bond acceptors (Lipinski definition) is 5. The number of Topliss-reactive ketones (excluding diaryl/α,β-unsaturated/α-hetero) is 1. The molecule has 0 radical (unpaired) electrons. The number of carbonyl (C=O) groups excluding carboxylic acids is 2. The van der Waals surface area contributed by atoms with Gasteiger partial charge in [0.25, 0.3) is 11.7 Å².